The molecule has 0 bridgehead atoms. The first-order valence-corrected chi connectivity index (χ1v) is 8.75. The lowest BCUT2D eigenvalue weighted by Crippen LogP contribution is -2.61. The van der Waals surface area contributed by atoms with Crippen LogP contribution in [0.2, 0.25) is 0 Å². The Morgan fingerprint density at radius 2 is 2.05 bits per heavy atom. The average molecular weight is 294 g/mol. The van der Waals surface area contributed by atoms with Crippen LogP contribution in [0.4, 0.5) is 0 Å². The summed E-state index contributed by atoms with van der Waals surface area (Å²) in [6.45, 7) is 4.56. The monoisotopic (exact) mass is 294 g/mol. The fourth-order valence-electron chi connectivity index (χ4n) is 4.15. The summed E-state index contributed by atoms with van der Waals surface area (Å²) in [5, 5.41) is 3.34. The fraction of sp³-hybridized carbons (Fsp3) is 0.800. The first kappa shape index (κ1) is 14.4. The van der Waals surface area contributed by atoms with E-state index in [1.54, 1.807) is 11.3 Å². The van der Waals surface area contributed by atoms with Gasteiger partial charge in [0.1, 0.15) is 0 Å². The molecule has 1 atom stereocenters. The van der Waals surface area contributed by atoms with E-state index >= 15 is 0 Å². The molecule has 3 rings (SSSR count). The van der Waals surface area contributed by atoms with Crippen molar-refractivity contribution in [2.45, 2.75) is 63.5 Å². The number of likely N-dealkylation sites (tertiary alicyclic amines) is 1. The van der Waals surface area contributed by atoms with Gasteiger partial charge in [0.05, 0.1) is 10.7 Å². The van der Waals surface area contributed by atoms with Crippen molar-refractivity contribution in [3.05, 3.63) is 16.1 Å². The summed E-state index contributed by atoms with van der Waals surface area (Å²) >= 11 is 1.74. The minimum absolute atomic E-state index is 0.267. The third-order valence-corrected chi connectivity index (χ3v) is 5.96. The van der Waals surface area contributed by atoms with Gasteiger partial charge in [-0.05, 0) is 45.7 Å². The van der Waals surface area contributed by atoms with Crippen LogP contribution >= 0.6 is 11.3 Å². The van der Waals surface area contributed by atoms with Crippen molar-refractivity contribution < 1.29 is 0 Å². The van der Waals surface area contributed by atoms with E-state index in [2.05, 4.69) is 27.6 Å². The van der Waals surface area contributed by atoms with E-state index < -0.39 is 0 Å². The lowest BCUT2D eigenvalue weighted by Gasteiger charge is -2.44. The van der Waals surface area contributed by atoms with Crippen LogP contribution in [-0.4, -0.2) is 34.6 Å². The zero-order valence-corrected chi connectivity index (χ0v) is 13.2. The molecule has 0 amide bonds. The number of nitrogens with one attached hydrogen (secondary N) is 1. The average Bonchev–Trinajstić information content (AvgIpc) is 3.17. The van der Waals surface area contributed by atoms with Crippen LogP contribution in [0.15, 0.2) is 5.38 Å². The van der Waals surface area contributed by atoms with Crippen LogP contribution in [0.3, 0.4) is 0 Å². The topological polar surface area (TPSA) is 54.2 Å². The summed E-state index contributed by atoms with van der Waals surface area (Å²) in [5.74, 6) is 5.96. The molecule has 1 unspecified atom stereocenters. The Bertz CT molecular complexity index is 433. The van der Waals surface area contributed by atoms with Crippen LogP contribution in [0.1, 0.15) is 49.2 Å². The maximum absolute atomic E-state index is 5.96. The van der Waals surface area contributed by atoms with Gasteiger partial charge >= 0.3 is 0 Å². The highest BCUT2D eigenvalue weighted by molar-refractivity contribution is 7.09. The molecule has 0 radical (unpaired) electrons. The van der Waals surface area contributed by atoms with Gasteiger partial charge in [-0.25, -0.2) is 4.98 Å². The molecule has 0 aromatic carbocycles. The Kier molecular flexibility index (Phi) is 4.40. The number of hydrogen-bond acceptors (Lipinski definition) is 5. The Hall–Kier alpha value is -0.490. The van der Waals surface area contributed by atoms with Crippen LogP contribution in [-0.2, 0) is 6.42 Å². The standard InChI is InChI=1S/C15H26N4S/c1-12-17-13(11-20-12)10-14(18-16)15(6-2-3-7-15)19-8-4-5-9-19/h11,14,18H,2-10,16H2,1H3. The van der Waals surface area contributed by atoms with E-state index in [1.807, 2.05) is 0 Å². The molecule has 1 aliphatic carbocycles. The van der Waals surface area contributed by atoms with Gasteiger partial charge in [-0.1, -0.05) is 12.8 Å². The van der Waals surface area contributed by atoms with Gasteiger partial charge in [0, 0.05) is 23.4 Å². The Balaban J connectivity index is 1.80. The largest absolute Gasteiger partial charge is 0.296 e. The van der Waals surface area contributed by atoms with E-state index in [9.17, 15) is 0 Å². The summed E-state index contributed by atoms with van der Waals surface area (Å²) < 4.78 is 0. The highest BCUT2D eigenvalue weighted by Crippen LogP contribution is 2.40. The number of thiazole rings is 1. The molecular formula is C15H26N4S. The maximum atomic E-state index is 5.96. The van der Waals surface area contributed by atoms with Crippen molar-refractivity contribution >= 4 is 11.3 Å². The molecule has 3 N–H and O–H groups in total. The van der Waals surface area contributed by atoms with Crippen molar-refractivity contribution in [1.82, 2.24) is 15.3 Å². The summed E-state index contributed by atoms with van der Waals surface area (Å²) in [6, 6.07) is 0.324. The molecule has 4 nitrogen and oxygen atoms in total. The van der Waals surface area contributed by atoms with Gasteiger partial charge in [-0.2, -0.15) is 0 Å². The number of nitrogens with zero attached hydrogens (tertiary/aromatic N) is 2. The summed E-state index contributed by atoms with van der Waals surface area (Å²) in [4.78, 5) is 7.34. The van der Waals surface area contributed by atoms with Crippen LogP contribution < -0.4 is 11.3 Å². The van der Waals surface area contributed by atoms with Gasteiger partial charge in [0.25, 0.3) is 0 Å². The van der Waals surface area contributed by atoms with Gasteiger partial charge < -0.3 is 0 Å². The van der Waals surface area contributed by atoms with Gasteiger partial charge in [-0.15, -0.1) is 11.3 Å². The van der Waals surface area contributed by atoms with Crippen LogP contribution in [0.5, 0.6) is 0 Å². The summed E-state index contributed by atoms with van der Waals surface area (Å²) in [7, 11) is 0. The molecule has 1 aliphatic heterocycles. The van der Waals surface area contributed by atoms with Crippen molar-refractivity contribution in [2.75, 3.05) is 13.1 Å². The SMILES string of the molecule is Cc1nc(CC(NN)C2(N3CCCC3)CCCC2)cs1. The molecule has 20 heavy (non-hydrogen) atoms. The van der Waals surface area contributed by atoms with Crippen molar-refractivity contribution in [3.8, 4) is 0 Å². The van der Waals surface area contributed by atoms with E-state index in [4.69, 9.17) is 5.84 Å². The lowest BCUT2D eigenvalue weighted by molar-refractivity contribution is 0.0763. The van der Waals surface area contributed by atoms with E-state index in [0.29, 0.717) is 6.04 Å². The van der Waals surface area contributed by atoms with Gasteiger partial charge in [-0.3, -0.25) is 16.2 Å². The van der Waals surface area contributed by atoms with Gasteiger partial charge in [0.2, 0.25) is 0 Å². The summed E-state index contributed by atoms with van der Waals surface area (Å²) in [5.41, 5.74) is 4.60. The summed E-state index contributed by atoms with van der Waals surface area (Å²) in [6.07, 6.45) is 8.88. The molecule has 1 saturated carbocycles. The minimum atomic E-state index is 0.267. The van der Waals surface area contributed by atoms with Crippen LogP contribution in [0.25, 0.3) is 0 Å². The van der Waals surface area contributed by atoms with Crippen molar-refractivity contribution in [2.24, 2.45) is 5.84 Å². The molecule has 2 heterocycles. The molecule has 2 aliphatic rings. The van der Waals surface area contributed by atoms with E-state index in [0.717, 1.165) is 11.4 Å². The molecule has 5 heteroatoms. The molecule has 1 aromatic rings. The molecule has 1 aromatic heterocycles. The van der Waals surface area contributed by atoms with Crippen molar-refractivity contribution in [1.29, 1.82) is 0 Å². The first-order valence-electron chi connectivity index (χ1n) is 7.87. The Labute approximate surface area is 125 Å². The number of aromatic nitrogens is 1. The predicted octanol–water partition coefficient (Wildman–Crippen LogP) is 2.23. The normalized spacial score (nSPS) is 24.3. The van der Waals surface area contributed by atoms with E-state index in [-0.39, 0.29) is 5.54 Å². The third-order valence-electron chi connectivity index (χ3n) is 5.13. The number of hydrazine groups is 1. The van der Waals surface area contributed by atoms with Crippen molar-refractivity contribution in [3.63, 3.8) is 0 Å². The number of aryl methyl sites for hydroxylation is 1. The van der Waals surface area contributed by atoms with E-state index in [1.165, 1.54) is 57.3 Å². The first-order chi connectivity index (χ1) is 9.74. The minimum Gasteiger partial charge on any atom is -0.296 e. The number of rotatable bonds is 5. The molecule has 2 fully saturated rings. The highest BCUT2D eigenvalue weighted by atomic mass is 32.1. The number of nitrogens with two attached hydrogens (primary N) is 1. The highest BCUT2D eigenvalue weighted by Gasteiger charge is 2.46. The molecule has 1 saturated heterocycles. The number of hydrogen-bond donors (Lipinski definition) is 2. The zero-order valence-electron chi connectivity index (χ0n) is 12.4. The molecule has 0 spiro atoms. The predicted molar refractivity (Wildman–Crippen MR) is 83.7 cm³/mol. The smallest absolute Gasteiger partial charge is 0.0897 e. The Morgan fingerprint density at radius 1 is 1.35 bits per heavy atom. The fourth-order valence-corrected chi connectivity index (χ4v) is 4.78. The second-order valence-electron chi connectivity index (χ2n) is 6.29. The molecular weight excluding hydrogens is 268 g/mol. The second kappa shape index (κ2) is 6.10. The van der Waals surface area contributed by atoms with Crippen LogP contribution in [0, 0.1) is 6.92 Å². The quantitative estimate of drug-likeness (QED) is 0.646. The maximum Gasteiger partial charge on any atom is 0.0897 e. The lowest BCUT2D eigenvalue weighted by atomic mass is 9.84. The Morgan fingerprint density at radius 3 is 2.60 bits per heavy atom. The molecule has 112 valence electrons. The van der Waals surface area contributed by atoms with Gasteiger partial charge in [0.15, 0.2) is 0 Å². The third kappa shape index (κ3) is 2.64. The zero-order chi connectivity index (χ0) is 14.0. The second-order valence-corrected chi connectivity index (χ2v) is 7.35.